The maximum atomic E-state index is 12.2. The van der Waals surface area contributed by atoms with Crippen molar-refractivity contribution in [3.63, 3.8) is 0 Å². The van der Waals surface area contributed by atoms with Gasteiger partial charge in [-0.15, -0.1) is 0 Å². The first-order valence-electron chi connectivity index (χ1n) is 8.27. The Morgan fingerprint density at radius 1 is 1.29 bits per heavy atom. The van der Waals surface area contributed by atoms with Gasteiger partial charge in [-0.2, -0.15) is 0 Å². The summed E-state index contributed by atoms with van der Waals surface area (Å²) in [7, 11) is 3.64. The van der Waals surface area contributed by atoms with Gasteiger partial charge in [-0.1, -0.05) is 13.8 Å². The Balaban J connectivity index is 2.65. The number of methoxy groups -OCH3 is 1. The molecule has 21 heavy (non-hydrogen) atoms. The molecular weight excluding hydrogens is 264 g/mol. The minimum absolute atomic E-state index is 0.147. The lowest BCUT2D eigenvalue weighted by atomic mass is 9.91. The van der Waals surface area contributed by atoms with E-state index in [9.17, 15) is 4.79 Å². The zero-order chi connectivity index (χ0) is 16.2. The predicted octanol–water partition coefficient (Wildman–Crippen LogP) is 2.82. The third-order valence-corrected chi connectivity index (χ3v) is 4.64. The minimum atomic E-state index is -0.582. The summed E-state index contributed by atoms with van der Waals surface area (Å²) < 4.78 is 5.03. The van der Waals surface area contributed by atoms with Gasteiger partial charge in [0.25, 0.3) is 0 Å². The van der Waals surface area contributed by atoms with E-state index in [1.807, 2.05) is 6.92 Å². The second-order valence-electron chi connectivity index (χ2n) is 7.44. The van der Waals surface area contributed by atoms with Crippen molar-refractivity contribution in [2.75, 3.05) is 14.2 Å². The Labute approximate surface area is 130 Å². The molecule has 1 N–H and O–H groups in total. The summed E-state index contributed by atoms with van der Waals surface area (Å²) in [5.74, 6) is 0.539. The van der Waals surface area contributed by atoms with Gasteiger partial charge in [0.1, 0.15) is 5.54 Å². The highest BCUT2D eigenvalue weighted by molar-refractivity contribution is 5.80. The smallest absolute Gasteiger partial charge is 0.325 e. The lowest BCUT2D eigenvalue weighted by Crippen LogP contribution is -2.55. The van der Waals surface area contributed by atoms with Crippen LogP contribution in [-0.2, 0) is 9.53 Å². The van der Waals surface area contributed by atoms with Gasteiger partial charge in [0.15, 0.2) is 0 Å². The standard InChI is InChI=1S/C17H34N2O2/c1-12(2)10-13(3)19(6)14(4)11-17(5,16(20)21-7)18-15-8-9-15/h12-15,18H,8-11H2,1-7H3. The van der Waals surface area contributed by atoms with E-state index in [2.05, 4.69) is 45.0 Å². The highest BCUT2D eigenvalue weighted by Gasteiger charge is 2.41. The van der Waals surface area contributed by atoms with E-state index in [-0.39, 0.29) is 5.97 Å². The maximum absolute atomic E-state index is 12.2. The van der Waals surface area contributed by atoms with E-state index in [0.29, 0.717) is 24.0 Å². The third kappa shape index (κ3) is 5.59. The Morgan fingerprint density at radius 3 is 2.29 bits per heavy atom. The number of rotatable bonds is 9. The van der Waals surface area contributed by atoms with E-state index in [4.69, 9.17) is 4.74 Å². The molecular formula is C17H34N2O2. The summed E-state index contributed by atoms with van der Waals surface area (Å²) in [5.41, 5.74) is -0.582. The molecule has 1 fully saturated rings. The van der Waals surface area contributed by atoms with Crippen molar-refractivity contribution in [3.05, 3.63) is 0 Å². The molecule has 1 rings (SSSR count). The van der Waals surface area contributed by atoms with Gasteiger partial charge in [-0.3, -0.25) is 10.1 Å². The van der Waals surface area contributed by atoms with Crippen LogP contribution in [0.2, 0.25) is 0 Å². The summed E-state index contributed by atoms with van der Waals surface area (Å²) in [6.07, 6.45) is 4.28. The van der Waals surface area contributed by atoms with Crippen LogP contribution in [0.1, 0.15) is 60.3 Å². The van der Waals surface area contributed by atoms with Crippen LogP contribution in [0.4, 0.5) is 0 Å². The molecule has 0 aromatic heterocycles. The van der Waals surface area contributed by atoms with Crippen LogP contribution in [0.5, 0.6) is 0 Å². The van der Waals surface area contributed by atoms with Gasteiger partial charge in [-0.05, 0) is 59.4 Å². The van der Waals surface area contributed by atoms with E-state index >= 15 is 0 Å². The van der Waals surface area contributed by atoms with Gasteiger partial charge in [0.2, 0.25) is 0 Å². The molecule has 0 bridgehead atoms. The largest absolute Gasteiger partial charge is 0.468 e. The highest BCUT2D eigenvalue weighted by atomic mass is 16.5. The number of nitrogens with one attached hydrogen (secondary N) is 1. The molecule has 0 aromatic rings. The Kier molecular flexibility index (Phi) is 6.67. The molecule has 1 aliphatic carbocycles. The number of hydrogen-bond donors (Lipinski definition) is 1. The van der Waals surface area contributed by atoms with Crippen molar-refractivity contribution < 1.29 is 9.53 Å². The molecule has 1 aliphatic rings. The molecule has 0 heterocycles. The lowest BCUT2D eigenvalue weighted by molar-refractivity contribution is -0.149. The topological polar surface area (TPSA) is 41.6 Å². The second-order valence-corrected chi connectivity index (χ2v) is 7.44. The van der Waals surface area contributed by atoms with E-state index < -0.39 is 5.54 Å². The lowest BCUT2D eigenvalue weighted by Gasteiger charge is -2.37. The van der Waals surface area contributed by atoms with Crippen molar-refractivity contribution in [3.8, 4) is 0 Å². The minimum Gasteiger partial charge on any atom is -0.468 e. The maximum Gasteiger partial charge on any atom is 0.325 e. The van der Waals surface area contributed by atoms with Crippen molar-refractivity contribution in [1.82, 2.24) is 10.2 Å². The van der Waals surface area contributed by atoms with E-state index in [1.54, 1.807) is 0 Å². The van der Waals surface area contributed by atoms with Crippen LogP contribution >= 0.6 is 0 Å². The third-order valence-electron chi connectivity index (χ3n) is 4.64. The first-order valence-corrected chi connectivity index (χ1v) is 8.27. The fraction of sp³-hybridized carbons (Fsp3) is 0.941. The monoisotopic (exact) mass is 298 g/mol. The molecule has 0 aromatic carbocycles. The Bertz CT molecular complexity index is 342. The fourth-order valence-electron chi connectivity index (χ4n) is 3.12. The van der Waals surface area contributed by atoms with Crippen LogP contribution in [0, 0.1) is 5.92 Å². The quantitative estimate of drug-likeness (QED) is 0.665. The van der Waals surface area contributed by atoms with Gasteiger partial charge in [0, 0.05) is 18.1 Å². The van der Waals surface area contributed by atoms with Gasteiger partial charge in [0.05, 0.1) is 7.11 Å². The van der Waals surface area contributed by atoms with Gasteiger partial charge < -0.3 is 9.64 Å². The molecule has 3 unspecified atom stereocenters. The number of nitrogens with zero attached hydrogens (tertiary/aromatic N) is 1. The normalized spacial score (nSPS) is 21.2. The first kappa shape index (κ1) is 18.4. The van der Waals surface area contributed by atoms with Crippen LogP contribution in [0.25, 0.3) is 0 Å². The van der Waals surface area contributed by atoms with Crippen molar-refractivity contribution in [2.45, 2.75) is 84.0 Å². The van der Waals surface area contributed by atoms with Gasteiger partial charge >= 0.3 is 5.97 Å². The van der Waals surface area contributed by atoms with Crippen LogP contribution in [0.3, 0.4) is 0 Å². The molecule has 0 spiro atoms. The van der Waals surface area contributed by atoms with Crippen molar-refractivity contribution in [2.24, 2.45) is 5.92 Å². The molecule has 0 radical (unpaired) electrons. The zero-order valence-electron chi connectivity index (χ0n) is 14.9. The van der Waals surface area contributed by atoms with E-state index in [1.165, 1.54) is 26.4 Å². The van der Waals surface area contributed by atoms with Crippen molar-refractivity contribution in [1.29, 1.82) is 0 Å². The summed E-state index contributed by atoms with van der Waals surface area (Å²) in [6, 6.07) is 1.33. The van der Waals surface area contributed by atoms with Gasteiger partial charge in [-0.25, -0.2) is 0 Å². The average Bonchev–Trinajstić information content (AvgIpc) is 3.19. The van der Waals surface area contributed by atoms with Crippen LogP contribution in [-0.4, -0.2) is 48.7 Å². The summed E-state index contributed by atoms with van der Waals surface area (Å²) in [5, 5.41) is 3.48. The molecule has 3 atom stereocenters. The Hall–Kier alpha value is -0.610. The molecule has 124 valence electrons. The summed E-state index contributed by atoms with van der Waals surface area (Å²) >= 11 is 0. The number of esters is 1. The highest BCUT2D eigenvalue weighted by Crippen LogP contribution is 2.27. The second kappa shape index (κ2) is 7.59. The number of carbonyl (C=O) groups excluding carboxylic acids is 1. The molecule has 0 saturated heterocycles. The fourth-order valence-corrected chi connectivity index (χ4v) is 3.12. The van der Waals surface area contributed by atoms with Crippen LogP contribution < -0.4 is 5.32 Å². The first-order chi connectivity index (χ1) is 9.69. The number of hydrogen-bond acceptors (Lipinski definition) is 4. The number of carbonyl (C=O) groups is 1. The summed E-state index contributed by atoms with van der Waals surface area (Å²) in [6.45, 7) is 11.0. The average molecular weight is 298 g/mol. The molecule has 4 heteroatoms. The molecule has 1 saturated carbocycles. The predicted molar refractivity (Wildman–Crippen MR) is 87.3 cm³/mol. The molecule has 0 aliphatic heterocycles. The van der Waals surface area contributed by atoms with Crippen LogP contribution in [0.15, 0.2) is 0 Å². The molecule has 0 amide bonds. The zero-order valence-corrected chi connectivity index (χ0v) is 14.9. The summed E-state index contributed by atoms with van der Waals surface area (Å²) in [4.78, 5) is 14.6. The molecule has 4 nitrogen and oxygen atoms in total. The number of ether oxygens (including phenoxy) is 1. The van der Waals surface area contributed by atoms with E-state index in [0.717, 1.165) is 6.42 Å². The Morgan fingerprint density at radius 2 is 1.86 bits per heavy atom. The van der Waals surface area contributed by atoms with Crippen molar-refractivity contribution >= 4 is 5.97 Å². The SMILES string of the molecule is COC(=O)C(C)(CC(C)N(C)C(C)CC(C)C)NC1CC1.